The van der Waals surface area contributed by atoms with Gasteiger partial charge in [-0.3, -0.25) is 0 Å². The van der Waals surface area contributed by atoms with Gasteiger partial charge in [0.1, 0.15) is 6.54 Å². The van der Waals surface area contributed by atoms with E-state index in [0.717, 1.165) is 13.1 Å². The smallest absolute Gasteiger partial charge is 0.212 e. The van der Waals surface area contributed by atoms with Crippen LogP contribution in [-0.2, 0) is 6.54 Å². The Kier molecular flexibility index (Phi) is 8.63. The summed E-state index contributed by atoms with van der Waals surface area (Å²) < 4.78 is 2.34. The molecule has 0 atom stereocenters. The van der Waals surface area contributed by atoms with E-state index in [4.69, 9.17) is 0 Å². The molecule has 2 aromatic carbocycles. The zero-order valence-electron chi connectivity index (χ0n) is 18.7. The summed E-state index contributed by atoms with van der Waals surface area (Å²) in [6.45, 7) is 6.27. The van der Waals surface area contributed by atoms with E-state index in [-0.39, 0.29) is 24.0 Å². The van der Waals surface area contributed by atoms with Crippen LogP contribution in [0.2, 0.25) is 0 Å². The first-order valence-electron chi connectivity index (χ1n) is 11.0. The zero-order valence-corrected chi connectivity index (χ0v) is 20.8. The summed E-state index contributed by atoms with van der Waals surface area (Å²) in [6, 6.07) is 21.4. The lowest BCUT2D eigenvalue weighted by molar-refractivity contribution is -0.669. The number of nitrogens with zero attached hydrogens (tertiary/aromatic N) is 2. The van der Waals surface area contributed by atoms with Crippen LogP contribution >= 0.6 is 0 Å². The molecule has 1 aliphatic heterocycles. The Morgan fingerprint density at radius 1 is 0.781 bits per heavy atom. The second kappa shape index (κ2) is 11.6. The first-order valence-corrected chi connectivity index (χ1v) is 11.0. The van der Waals surface area contributed by atoms with E-state index in [1.165, 1.54) is 33.5 Å². The number of anilines is 1. The van der Waals surface area contributed by atoms with Gasteiger partial charge in [-0.1, -0.05) is 66.8 Å². The lowest BCUT2D eigenvalue weighted by Crippen LogP contribution is -3.00. The number of benzene rings is 2. The number of hydrogen-bond acceptors (Lipinski definition) is 1. The minimum atomic E-state index is 0. The van der Waals surface area contributed by atoms with Crippen molar-refractivity contribution >= 4 is 28.7 Å². The van der Waals surface area contributed by atoms with Gasteiger partial charge in [0.15, 0.2) is 0 Å². The average Bonchev–Trinajstić information content (AvgIpc) is 2.82. The van der Waals surface area contributed by atoms with Crippen LogP contribution in [0.3, 0.4) is 0 Å². The number of aryl methyl sites for hydroxylation is 1. The van der Waals surface area contributed by atoms with Crippen LogP contribution in [0.15, 0.2) is 109 Å². The van der Waals surface area contributed by atoms with Crippen molar-refractivity contribution in [1.82, 2.24) is 0 Å². The third-order valence-corrected chi connectivity index (χ3v) is 5.56. The van der Waals surface area contributed by atoms with E-state index in [1.807, 2.05) is 0 Å². The summed E-state index contributed by atoms with van der Waals surface area (Å²) in [7, 11) is 0. The van der Waals surface area contributed by atoms with Gasteiger partial charge in [-0.25, -0.2) is 0 Å². The number of allylic oxidation sites excluding steroid dienone is 7. The summed E-state index contributed by atoms with van der Waals surface area (Å²) in [5.74, 6) is 0. The minimum absolute atomic E-state index is 0. The van der Waals surface area contributed by atoms with Gasteiger partial charge in [-0.2, -0.15) is 4.57 Å². The van der Waals surface area contributed by atoms with Crippen LogP contribution in [0, 0.1) is 0 Å². The molecule has 1 aliphatic rings. The van der Waals surface area contributed by atoms with Crippen molar-refractivity contribution in [3.05, 3.63) is 120 Å². The molecule has 0 bridgehead atoms. The van der Waals surface area contributed by atoms with Crippen LogP contribution < -0.4 is 33.4 Å². The van der Waals surface area contributed by atoms with Crippen molar-refractivity contribution in [2.75, 3.05) is 11.4 Å². The molecule has 1 aromatic heterocycles. The molecule has 0 radical (unpaired) electrons. The lowest BCUT2D eigenvalue weighted by Gasteiger charge is -2.29. The molecule has 32 heavy (non-hydrogen) atoms. The van der Waals surface area contributed by atoms with Gasteiger partial charge in [0.25, 0.3) is 0 Å². The van der Waals surface area contributed by atoms with Crippen molar-refractivity contribution in [1.29, 1.82) is 0 Å². The molecule has 0 fully saturated rings. The fourth-order valence-electron chi connectivity index (χ4n) is 4.05. The summed E-state index contributed by atoms with van der Waals surface area (Å²) in [5, 5.41) is 1.27. The van der Waals surface area contributed by atoms with E-state index in [9.17, 15) is 0 Å². The Labute approximate surface area is 208 Å². The number of aromatic nitrogens is 1. The molecule has 3 heteroatoms. The molecular formula is C29H29IN2. The Morgan fingerprint density at radius 3 is 2.38 bits per heavy atom. The second-order valence-corrected chi connectivity index (χ2v) is 7.42. The molecule has 0 saturated heterocycles. The lowest BCUT2D eigenvalue weighted by atomic mass is 10.1. The number of hydrogen-bond donors (Lipinski definition) is 0. The van der Waals surface area contributed by atoms with Crippen LogP contribution in [0.5, 0.6) is 0 Å². The highest BCUT2D eigenvalue weighted by molar-refractivity contribution is 5.77. The maximum Gasteiger partial charge on any atom is 0.212 e. The fourth-order valence-corrected chi connectivity index (χ4v) is 4.05. The highest BCUT2D eigenvalue weighted by atomic mass is 127. The van der Waals surface area contributed by atoms with Crippen molar-refractivity contribution in [2.24, 2.45) is 0 Å². The molecule has 0 amide bonds. The normalized spacial score (nSPS) is 14.7. The number of para-hydroxylation sites is 2. The highest BCUT2D eigenvalue weighted by Crippen LogP contribution is 2.30. The van der Waals surface area contributed by atoms with Gasteiger partial charge in [-0.05, 0) is 49.8 Å². The number of fused-ring (bicyclic) bond motifs is 2. The monoisotopic (exact) mass is 532 g/mol. The molecule has 2 heterocycles. The minimum Gasteiger partial charge on any atom is -1.00 e. The first kappa shape index (κ1) is 23.7. The van der Waals surface area contributed by atoms with Crippen LogP contribution in [-0.4, -0.2) is 6.54 Å². The molecule has 0 N–H and O–H groups in total. The van der Waals surface area contributed by atoms with E-state index >= 15 is 0 Å². The van der Waals surface area contributed by atoms with Crippen molar-refractivity contribution < 1.29 is 28.5 Å². The Balaban J connectivity index is 0.00000289. The van der Waals surface area contributed by atoms with Crippen molar-refractivity contribution in [3.63, 3.8) is 0 Å². The summed E-state index contributed by atoms with van der Waals surface area (Å²) in [4.78, 5) is 2.34. The molecule has 0 unspecified atom stereocenters. The third kappa shape index (κ3) is 5.28. The topological polar surface area (TPSA) is 7.12 Å². The molecule has 0 saturated carbocycles. The highest BCUT2D eigenvalue weighted by Gasteiger charge is 2.14. The van der Waals surface area contributed by atoms with Gasteiger partial charge in [0.2, 0.25) is 11.2 Å². The Hall–Kier alpha value is -2.92. The van der Waals surface area contributed by atoms with Gasteiger partial charge in [0, 0.05) is 41.5 Å². The average molecular weight is 532 g/mol. The van der Waals surface area contributed by atoms with E-state index < -0.39 is 0 Å². The van der Waals surface area contributed by atoms with Crippen LogP contribution in [0.4, 0.5) is 5.69 Å². The summed E-state index contributed by atoms with van der Waals surface area (Å²) >= 11 is 0. The third-order valence-electron chi connectivity index (χ3n) is 5.56. The number of likely N-dealkylation sites (N-methyl/N-ethyl adjacent to an activating group) is 1. The molecular weight excluding hydrogens is 503 g/mol. The zero-order chi connectivity index (χ0) is 21.5. The van der Waals surface area contributed by atoms with Gasteiger partial charge < -0.3 is 28.9 Å². The first-order chi connectivity index (χ1) is 15.3. The molecule has 0 aliphatic carbocycles. The van der Waals surface area contributed by atoms with Gasteiger partial charge >= 0.3 is 0 Å². The quantitative estimate of drug-likeness (QED) is 0.267. The van der Waals surface area contributed by atoms with E-state index in [2.05, 4.69) is 139 Å². The van der Waals surface area contributed by atoms with E-state index in [0.29, 0.717) is 0 Å². The van der Waals surface area contributed by atoms with Gasteiger partial charge in [-0.15, -0.1) is 0 Å². The summed E-state index contributed by atoms with van der Waals surface area (Å²) in [5.41, 5.74) is 6.23. The standard InChI is InChI=1S/C29H29N2.HI/c1-3-30-26(22-20-24-14-10-12-18-28(24)30)16-8-6-5-7-9-17-27-23-21-25-15-11-13-19-29(25)31(27)4-2;/h5-23H,3-4H2,1-2H3;1H/q+1;/p-1. The second-order valence-electron chi connectivity index (χ2n) is 7.42. The molecule has 0 spiro atoms. The predicted octanol–water partition coefficient (Wildman–Crippen LogP) is 3.71. The van der Waals surface area contributed by atoms with Crippen LogP contribution in [0.1, 0.15) is 25.1 Å². The Bertz CT molecular complexity index is 1210. The van der Waals surface area contributed by atoms with Crippen LogP contribution in [0.25, 0.3) is 23.1 Å². The molecule has 162 valence electrons. The van der Waals surface area contributed by atoms with E-state index in [1.54, 1.807) is 0 Å². The number of halogens is 1. The summed E-state index contributed by atoms with van der Waals surface area (Å²) in [6.07, 6.45) is 19.1. The van der Waals surface area contributed by atoms with Crippen molar-refractivity contribution in [3.8, 4) is 0 Å². The molecule has 4 rings (SSSR count). The maximum absolute atomic E-state index is 2.34. The van der Waals surface area contributed by atoms with Gasteiger partial charge in [0.05, 0.1) is 0 Å². The SMILES string of the molecule is CCN1/C(=C/C=C/C=C/C=C/c2ccc3ccccc3[n+]2CC)C=Cc2ccccc21.[I-]. The fraction of sp³-hybridized carbons (Fsp3) is 0.138. The maximum atomic E-state index is 2.34. The number of pyridine rings is 1. The van der Waals surface area contributed by atoms with Crippen molar-refractivity contribution in [2.45, 2.75) is 20.4 Å². The molecule has 2 nitrogen and oxygen atoms in total. The molecule has 3 aromatic rings. The predicted molar refractivity (Wildman–Crippen MR) is 134 cm³/mol. The number of rotatable bonds is 6. The Morgan fingerprint density at radius 2 is 1.53 bits per heavy atom. The largest absolute Gasteiger partial charge is 1.00 e.